The van der Waals surface area contributed by atoms with E-state index in [4.69, 9.17) is 14.2 Å². The van der Waals surface area contributed by atoms with Crippen LogP contribution in [0.15, 0.2) is 66.7 Å². The van der Waals surface area contributed by atoms with Gasteiger partial charge in [0.25, 0.3) is 5.91 Å². The second-order valence-electron chi connectivity index (χ2n) is 10.6. The molecule has 2 aliphatic rings. The van der Waals surface area contributed by atoms with E-state index in [1.807, 2.05) is 57.3 Å². The first-order chi connectivity index (χ1) is 19.8. The minimum Gasteiger partial charge on any atom is -0.486 e. The number of benzene rings is 3. The average molecular weight is 561 g/mol. The average Bonchev–Trinajstić information content (AvgIpc) is 3.43. The Hall–Kier alpha value is -4.28. The standard InChI is InChI=1S/C31H36N4O6/c1-20-15-35(21(2)18-36)30(37)24-10-7-11-25(33-31(38)32-23-8-5-4-6-9-23)29(24)41-28(20)17-34(3)16-22-12-13-26-27(14-22)40-19-39-26/h4-14,20-21,28,36H,15-19H2,1-3H3,(H2,32,33,38)/t20-,21-,28-/m0/s1. The summed E-state index contributed by atoms with van der Waals surface area (Å²) in [4.78, 5) is 30.4. The number of rotatable bonds is 8. The number of fused-ring (bicyclic) bond motifs is 2. The van der Waals surface area contributed by atoms with Gasteiger partial charge in [-0.25, -0.2) is 4.79 Å². The first kappa shape index (κ1) is 28.3. The van der Waals surface area contributed by atoms with Crippen molar-refractivity contribution < 1.29 is 28.9 Å². The van der Waals surface area contributed by atoms with Crippen LogP contribution in [0.2, 0.25) is 0 Å². The van der Waals surface area contributed by atoms with Crippen molar-refractivity contribution in [2.45, 2.75) is 32.5 Å². The van der Waals surface area contributed by atoms with Gasteiger partial charge < -0.3 is 34.9 Å². The van der Waals surface area contributed by atoms with Crippen molar-refractivity contribution in [1.82, 2.24) is 9.80 Å². The molecule has 3 atom stereocenters. The van der Waals surface area contributed by atoms with E-state index >= 15 is 0 Å². The van der Waals surface area contributed by atoms with Crippen molar-refractivity contribution in [3.63, 3.8) is 0 Å². The van der Waals surface area contributed by atoms with Gasteiger partial charge in [0.15, 0.2) is 17.2 Å². The third-order valence-corrected chi connectivity index (χ3v) is 7.35. The van der Waals surface area contributed by atoms with E-state index in [1.54, 1.807) is 35.2 Å². The Morgan fingerprint density at radius 1 is 1.07 bits per heavy atom. The fourth-order valence-corrected chi connectivity index (χ4v) is 5.09. The topological polar surface area (TPSA) is 113 Å². The number of ether oxygens (including phenoxy) is 3. The minimum atomic E-state index is -0.451. The lowest BCUT2D eigenvalue weighted by molar-refractivity contribution is 0.0343. The molecular weight excluding hydrogens is 524 g/mol. The Labute approximate surface area is 239 Å². The van der Waals surface area contributed by atoms with Crippen molar-refractivity contribution in [2.24, 2.45) is 5.92 Å². The molecule has 0 spiro atoms. The third-order valence-electron chi connectivity index (χ3n) is 7.35. The van der Waals surface area contributed by atoms with E-state index in [9.17, 15) is 14.7 Å². The van der Waals surface area contributed by atoms with Gasteiger partial charge in [-0.3, -0.25) is 9.69 Å². The second-order valence-corrected chi connectivity index (χ2v) is 10.6. The molecule has 0 unspecified atom stereocenters. The fraction of sp³-hybridized carbons (Fsp3) is 0.355. The lowest BCUT2D eigenvalue weighted by Crippen LogP contribution is -2.49. The monoisotopic (exact) mass is 560 g/mol. The molecular formula is C31H36N4O6. The van der Waals surface area contributed by atoms with Crippen molar-refractivity contribution in [1.29, 1.82) is 0 Å². The summed E-state index contributed by atoms with van der Waals surface area (Å²) in [5, 5.41) is 15.6. The van der Waals surface area contributed by atoms with E-state index in [0.717, 1.165) is 17.1 Å². The van der Waals surface area contributed by atoms with E-state index in [2.05, 4.69) is 15.5 Å². The number of carbonyl (C=O) groups is 2. The van der Waals surface area contributed by atoms with Crippen LogP contribution in [-0.4, -0.2) is 72.5 Å². The van der Waals surface area contributed by atoms with E-state index in [1.165, 1.54) is 0 Å². The van der Waals surface area contributed by atoms with Crippen LogP contribution in [-0.2, 0) is 6.54 Å². The van der Waals surface area contributed by atoms with E-state index in [-0.39, 0.29) is 37.4 Å². The van der Waals surface area contributed by atoms with Crippen LogP contribution < -0.4 is 24.8 Å². The maximum atomic E-state index is 13.7. The maximum Gasteiger partial charge on any atom is 0.323 e. The van der Waals surface area contributed by atoms with Gasteiger partial charge in [0, 0.05) is 31.2 Å². The zero-order valence-corrected chi connectivity index (χ0v) is 23.5. The molecule has 10 heteroatoms. The lowest BCUT2D eigenvalue weighted by atomic mass is 9.99. The number of aliphatic hydroxyl groups excluding tert-OH is 1. The summed E-state index contributed by atoms with van der Waals surface area (Å²) in [7, 11) is 2.01. The SMILES string of the molecule is C[C@H]1CN([C@@H](C)CO)C(=O)c2cccc(NC(=O)Nc3ccccc3)c2O[C@H]1CN(C)Cc1ccc2c(c1)OCO2. The highest BCUT2D eigenvalue weighted by Crippen LogP contribution is 2.36. The Bertz CT molecular complexity index is 1380. The van der Waals surface area contributed by atoms with Gasteiger partial charge in [-0.05, 0) is 55.9 Å². The zero-order valence-electron chi connectivity index (χ0n) is 23.5. The first-order valence-electron chi connectivity index (χ1n) is 13.7. The molecule has 2 aliphatic heterocycles. The number of hydrogen-bond acceptors (Lipinski definition) is 7. The Morgan fingerprint density at radius 2 is 1.85 bits per heavy atom. The smallest absolute Gasteiger partial charge is 0.323 e. The summed E-state index contributed by atoms with van der Waals surface area (Å²) in [6.07, 6.45) is -0.325. The normalized spacial score (nSPS) is 18.7. The second kappa shape index (κ2) is 12.5. The predicted octanol–water partition coefficient (Wildman–Crippen LogP) is 4.41. The molecule has 0 bridgehead atoms. The lowest BCUT2D eigenvalue weighted by Gasteiger charge is -2.38. The molecule has 10 nitrogen and oxygen atoms in total. The molecule has 3 aromatic carbocycles. The summed E-state index contributed by atoms with van der Waals surface area (Å²) in [5.74, 6) is 1.45. The number of para-hydroxylation sites is 2. The third kappa shape index (κ3) is 6.55. The molecule has 0 aliphatic carbocycles. The number of aliphatic hydroxyl groups is 1. The summed E-state index contributed by atoms with van der Waals surface area (Å²) >= 11 is 0. The number of likely N-dealkylation sites (N-methyl/N-ethyl adjacent to an activating group) is 1. The van der Waals surface area contributed by atoms with Crippen molar-refractivity contribution in [3.8, 4) is 17.2 Å². The Morgan fingerprint density at radius 3 is 2.63 bits per heavy atom. The van der Waals surface area contributed by atoms with E-state index < -0.39 is 6.03 Å². The van der Waals surface area contributed by atoms with Gasteiger partial charge >= 0.3 is 6.03 Å². The van der Waals surface area contributed by atoms with Gasteiger partial charge in [-0.2, -0.15) is 0 Å². The predicted molar refractivity (Wildman–Crippen MR) is 156 cm³/mol. The fourth-order valence-electron chi connectivity index (χ4n) is 5.09. The Balaban J connectivity index is 1.40. The van der Waals surface area contributed by atoms with Crippen LogP contribution in [0.5, 0.6) is 17.2 Å². The zero-order chi connectivity index (χ0) is 28.9. The van der Waals surface area contributed by atoms with Crippen LogP contribution in [0.1, 0.15) is 29.8 Å². The van der Waals surface area contributed by atoms with Gasteiger partial charge in [-0.15, -0.1) is 0 Å². The maximum absolute atomic E-state index is 13.7. The summed E-state index contributed by atoms with van der Waals surface area (Å²) in [5.41, 5.74) is 2.43. The van der Waals surface area contributed by atoms with Crippen LogP contribution in [0.25, 0.3) is 0 Å². The molecule has 2 heterocycles. The quantitative estimate of drug-likeness (QED) is 0.374. The number of anilines is 2. The molecule has 0 radical (unpaired) electrons. The van der Waals surface area contributed by atoms with Crippen molar-refractivity contribution >= 4 is 23.3 Å². The van der Waals surface area contributed by atoms with Crippen molar-refractivity contribution in [2.75, 3.05) is 44.2 Å². The highest BCUT2D eigenvalue weighted by atomic mass is 16.7. The molecule has 216 valence electrons. The number of nitrogens with one attached hydrogen (secondary N) is 2. The highest BCUT2D eigenvalue weighted by Gasteiger charge is 2.34. The molecule has 3 N–H and O–H groups in total. The van der Waals surface area contributed by atoms with E-state index in [0.29, 0.717) is 42.3 Å². The number of carbonyl (C=O) groups excluding carboxylic acids is 2. The first-order valence-corrected chi connectivity index (χ1v) is 13.7. The van der Waals surface area contributed by atoms with Crippen LogP contribution in [0, 0.1) is 5.92 Å². The summed E-state index contributed by atoms with van der Waals surface area (Å²) < 4.78 is 17.6. The number of amides is 3. The molecule has 3 amide bonds. The molecule has 0 saturated carbocycles. The van der Waals surface area contributed by atoms with Crippen LogP contribution in [0.4, 0.5) is 16.2 Å². The van der Waals surface area contributed by atoms with Gasteiger partial charge in [0.05, 0.1) is 23.9 Å². The van der Waals surface area contributed by atoms with Gasteiger partial charge in [0.2, 0.25) is 6.79 Å². The van der Waals surface area contributed by atoms with Gasteiger partial charge in [-0.1, -0.05) is 37.3 Å². The number of urea groups is 1. The molecule has 0 fully saturated rings. The van der Waals surface area contributed by atoms with Crippen molar-refractivity contribution in [3.05, 3.63) is 77.9 Å². The van der Waals surface area contributed by atoms with Gasteiger partial charge in [0.1, 0.15) is 6.10 Å². The largest absolute Gasteiger partial charge is 0.486 e. The molecule has 41 heavy (non-hydrogen) atoms. The molecule has 3 aromatic rings. The molecule has 5 rings (SSSR count). The number of hydrogen-bond donors (Lipinski definition) is 3. The van der Waals surface area contributed by atoms with Crippen LogP contribution >= 0.6 is 0 Å². The minimum absolute atomic E-state index is 0.0773. The Kier molecular flexibility index (Phi) is 8.61. The number of nitrogens with zero attached hydrogens (tertiary/aromatic N) is 2. The summed E-state index contributed by atoms with van der Waals surface area (Å²) in [6.45, 7) is 5.52. The highest BCUT2D eigenvalue weighted by molar-refractivity contribution is 6.04. The summed E-state index contributed by atoms with van der Waals surface area (Å²) in [6, 6.07) is 19.3. The molecule has 0 saturated heterocycles. The molecule has 0 aromatic heterocycles. The van der Waals surface area contributed by atoms with Crippen LogP contribution in [0.3, 0.4) is 0 Å².